The largest absolute Gasteiger partial charge is 0.497 e. The van der Waals surface area contributed by atoms with Crippen molar-refractivity contribution in [3.63, 3.8) is 0 Å². The molecule has 1 saturated heterocycles. The topological polar surface area (TPSA) is 30.9 Å². The summed E-state index contributed by atoms with van der Waals surface area (Å²) in [6.45, 7) is 3.33. The van der Waals surface area contributed by atoms with Gasteiger partial charge in [0.15, 0.2) is 5.60 Å². The maximum absolute atomic E-state index is 7.16. The van der Waals surface area contributed by atoms with Gasteiger partial charge < -0.3 is 19.1 Å². The summed E-state index contributed by atoms with van der Waals surface area (Å²) in [5.74, 6) is 1.69. The number of nitrogens with zero attached hydrogens (tertiary/aromatic N) is 1. The van der Waals surface area contributed by atoms with Crippen molar-refractivity contribution in [2.24, 2.45) is 0 Å². The van der Waals surface area contributed by atoms with Crippen LogP contribution in [0.1, 0.15) is 16.7 Å². The predicted molar refractivity (Wildman–Crippen MR) is 172 cm³/mol. The van der Waals surface area contributed by atoms with Crippen LogP contribution in [-0.4, -0.2) is 33.4 Å². The zero-order valence-electron chi connectivity index (χ0n) is 23.5. The molecule has 0 saturated carbocycles. The summed E-state index contributed by atoms with van der Waals surface area (Å²) >= 11 is 0. The normalized spacial score (nSPS) is 18.3. The lowest BCUT2D eigenvalue weighted by molar-refractivity contribution is 0.122. The van der Waals surface area contributed by atoms with Gasteiger partial charge in [-0.1, -0.05) is 78.9 Å². The molecule has 2 aliphatic rings. The van der Waals surface area contributed by atoms with Gasteiger partial charge in [0, 0.05) is 35.5 Å². The minimum absolute atomic E-state index is 0.762. The zero-order valence-corrected chi connectivity index (χ0v) is 23.5. The standard InChI is InChI=1S/C38H31NO3/c1-40-30-16-12-28(13-17-30)38(27-10-14-29(15-11-27)39-20-22-41-23-21-39)19-18-26-24-35-33-8-4-2-6-31(33)32-7-3-5-9-34(32)36(35)25-37(26)42-38/h2-19,24-25H,20-23H2,1H3. The fourth-order valence-corrected chi connectivity index (χ4v) is 6.64. The third-order valence-electron chi connectivity index (χ3n) is 8.83. The first-order valence-electron chi connectivity index (χ1n) is 14.6. The van der Waals surface area contributed by atoms with Gasteiger partial charge >= 0.3 is 0 Å². The van der Waals surface area contributed by atoms with Crippen LogP contribution in [0.2, 0.25) is 0 Å². The molecule has 1 unspecified atom stereocenters. The molecule has 6 aromatic carbocycles. The fourth-order valence-electron chi connectivity index (χ4n) is 6.64. The zero-order chi connectivity index (χ0) is 28.1. The Balaban J connectivity index is 1.31. The van der Waals surface area contributed by atoms with Crippen LogP contribution < -0.4 is 14.4 Å². The molecule has 2 aliphatic heterocycles. The van der Waals surface area contributed by atoms with Gasteiger partial charge in [-0.3, -0.25) is 0 Å². The number of methoxy groups -OCH3 is 1. The quantitative estimate of drug-likeness (QED) is 0.207. The number of benzene rings is 6. The molecule has 0 aromatic heterocycles. The van der Waals surface area contributed by atoms with Gasteiger partial charge in [0.05, 0.1) is 20.3 Å². The Labute approximate surface area is 245 Å². The van der Waals surface area contributed by atoms with Gasteiger partial charge in [0.25, 0.3) is 0 Å². The van der Waals surface area contributed by atoms with Crippen molar-refractivity contribution < 1.29 is 14.2 Å². The van der Waals surface area contributed by atoms with E-state index >= 15 is 0 Å². The highest BCUT2D eigenvalue weighted by molar-refractivity contribution is 6.25. The predicted octanol–water partition coefficient (Wildman–Crippen LogP) is 8.34. The number of fused-ring (bicyclic) bond motifs is 7. The van der Waals surface area contributed by atoms with Gasteiger partial charge in [-0.05, 0) is 74.8 Å². The Hall–Kier alpha value is -4.80. The lowest BCUT2D eigenvalue weighted by Crippen LogP contribution is -2.36. The molecule has 8 rings (SSSR count). The highest BCUT2D eigenvalue weighted by Gasteiger charge is 2.37. The molecule has 42 heavy (non-hydrogen) atoms. The first kappa shape index (κ1) is 25.0. The second kappa shape index (κ2) is 9.93. The van der Waals surface area contributed by atoms with E-state index in [1.165, 1.54) is 38.0 Å². The van der Waals surface area contributed by atoms with Crippen molar-refractivity contribution >= 4 is 44.1 Å². The molecule has 0 aliphatic carbocycles. The molecule has 1 atom stereocenters. The van der Waals surface area contributed by atoms with Crippen LogP contribution in [0.15, 0.2) is 115 Å². The van der Waals surface area contributed by atoms with Crippen LogP contribution in [0, 0.1) is 0 Å². The van der Waals surface area contributed by atoms with Crippen molar-refractivity contribution in [1.82, 2.24) is 0 Å². The van der Waals surface area contributed by atoms with Crippen LogP contribution in [0.3, 0.4) is 0 Å². The Morgan fingerprint density at radius 1 is 0.643 bits per heavy atom. The molecule has 0 N–H and O–H groups in total. The van der Waals surface area contributed by atoms with Gasteiger partial charge in [-0.15, -0.1) is 0 Å². The van der Waals surface area contributed by atoms with Gasteiger partial charge in [0.2, 0.25) is 0 Å². The van der Waals surface area contributed by atoms with Gasteiger partial charge in [-0.2, -0.15) is 0 Å². The summed E-state index contributed by atoms with van der Waals surface area (Å²) in [5, 5.41) is 7.46. The van der Waals surface area contributed by atoms with E-state index < -0.39 is 5.60 Å². The molecule has 0 amide bonds. The molecule has 0 bridgehead atoms. The SMILES string of the molecule is COc1ccc(C2(c3ccc(N4CCOCC4)cc3)C=Cc3cc4c5ccccc5c5ccccc5c4cc3O2)cc1. The summed E-state index contributed by atoms with van der Waals surface area (Å²) in [6, 6.07) is 38.9. The minimum atomic E-state index is -0.789. The Bertz CT molecular complexity index is 1970. The Morgan fingerprint density at radius 2 is 1.19 bits per heavy atom. The van der Waals surface area contributed by atoms with Crippen LogP contribution >= 0.6 is 0 Å². The van der Waals surface area contributed by atoms with E-state index in [-0.39, 0.29) is 0 Å². The van der Waals surface area contributed by atoms with Crippen molar-refractivity contribution in [1.29, 1.82) is 0 Å². The molecule has 0 spiro atoms. The second-order valence-electron chi connectivity index (χ2n) is 11.1. The Morgan fingerprint density at radius 3 is 1.79 bits per heavy atom. The summed E-state index contributed by atoms with van der Waals surface area (Å²) in [7, 11) is 1.70. The number of ether oxygens (including phenoxy) is 3. The third-order valence-corrected chi connectivity index (χ3v) is 8.83. The van der Waals surface area contributed by atoms with E-state index in [0.29, 0.717) is 0 Å². The van der Waals surface area contributed by atoms with E-state index in [1.54, 1.807) is 7.11 Å². The average molecular weight is 550 g/mol. The van der Waals surface area contributed by atoms with Crippen molar-refractivity contribution in [3.8, 4) is 11.5 Å². The number of rotatable bonds is 4. The van der Waals surface area contributed by atoms with Crippen molar-refractivity contribution in [2.75, 3.05) is 38.3 Å². The first-order valence-corrected chi connectivity index (χ1v) is 14.6. The summed E-state index contributed by atoms with van der Waals surface area (Å²) in [5.41, 5.74) is 3.62. The maximum atomic E-state index is 7.16. The third kappa shape index (κ3) is 3.94. The number of hydrogen-bond donors (Lipinski definition) is 0. The number of morpholine rings is 1. The van der Waals surface area contributed by atoms with Crippen LogP contribution in [0.4, 0.5) is 5.69 Å². The molecule has 2 heterocycles. The molecule has 206 valence electrons. The molecular weight excluding hydrogens is 518 g/mol. The maximum Gasteiger partial charge on any atom is 0.178 e. The van der Waals surface area contributed by atoms with E-state index in [1.807, 2.05) is 12.1 Å². The number of hydrogen-bond acceptors (Lipinski definition) is 4. The highest BCUT2D eigenvalue weighted by Crippen LogP contribution is 2.46. The monoisotopic (exact) mass is 549 g/mol. The van der Waals surface area contributed by atoms with E-state index in [0.717, 1.165) is 54.5 Å². The van der Waals surface area contributed by atoms with Crippen LogP contribution in [-0.2, 0) is 10.3 Å². The second-order valence-corrected chi connectivity index (χ2v) is 11.1. The lowest BCUT2D eigenvalue weighted by Gasteiger charge is -2.37. The van der Waals surface area contributed by atoms with Crippen molar-refractivity contribution in [2.45, 2.75) is 5.60 Å². The molecule has 4 heteroatoms. The molecule has 1 fully saturated rings. The van der Waals surface area contributed by atoms with Gasteiger partial charge in [0.1, 0.15) is 11.5 Å². The molecule has 6 aromatic rings. The van der Waals surface area contributed by atoms with Gasteiger partial charge in [-0.25, -0.2) is 0 Å². The average Bonchev–Trinajstić information content (AvgIpc) is 3.08. The minimum Gasteiger partial charge on any atom is -0.497 e. The highest BCUT2D eigenvalue weighted by atomic mass is 16.5. The smallest absolute Gasteiger partial charge is 0.178 e. The molecule has 4 nitrogen and oxygen atoms in total. The van der Waals surface area contributed by atoms with E-state index in [9.17, 15) is 0 Å². The summed E-state index contributed by atoms with van der Waals surface area (Å²) in [6.07, 6.45) is 4.43. The van der Waals surface area contributed by atoms with E-state index in [4.69, 9.17) is 14.2 Å². The van der Waals surface area contributed by atoms with Crippen LogP contribution in [0.5, 0.6) is 11.5 Å². The molecule has 0 radical (unpaired) electrons. The fraction of sp³-hybridized carbons (Fsp3) is 0.158. The van der Waals surface area contributed by atoms with Crippen LogP contribution in [0.25, 0.3) is 38.4 Å². The number of anilines is 1. The lowest BCUT2D eigenvalue weighted by atomic mass is 9.83. The summed E-state index contributed by atoms with van der Waals surface area (Å²) < 4.78 is 18.2. The van der Waals surface area contributed by atoms with Crippen molar-refractivity contribution in [3.05, 3.63) is 132 Å². The Kier molecular flexibility index (Phi) is 5.90. The molecular formula is C38H31NO3. The summed E-state index contributed by atoms with van der Waals surface area (Å²) in [4.78, 5) is 2.38. The van der Waals surface area contributed by atoms with E-state index in [2.05, 4.69) is 114 Å². The first-order chi connectivity index (χ1) is 20.7.